The molecule has 0 unspecified atom stereocenters. The Hall–Kier alpha value is -4.20. The van der Waals surface area contributed by atoms with Crippen LogP contribution in [0, 0.1) is 10.1 Å². The summed E-state index contributed by atoms with van der Waals surface area (Å²) in [5, 5.41) is 13.4. The zero-order valence-corrected chi connectivity index (χ0v) is 16.7. The van der Waals surface area contributed by atoms with E-state index in [1.54, 1.807) is 12.1 Å². The maximum absolute atomic E-state index is 12.1. The number of nitro benzene ring substituents is 1. The summed E-state index contributed by atoms with van der Waals surface area (Å²) in [5.41, 5.74) is 4.10. The van der Waals surface area contributed by atoms with Gasteiger partial charge in [-0.25, -0.2) is 4.98 Å². The van der Waals surface area contributed by atoms with Crippen LogP contribution in [0.4, 0.5) is 11.4 Å². The number of nitro groups is 1. The molecule has 0 aliphatic heterocycles. The van der Waals surface area contributed by atoms with Crippen molar-refractivity contribution in [2.24, 2.45) is 0 Å². The highest BCUT2D eigenvalue weighted by molar-refractivity contribution is 5.92. The molecule has 0 spiro atoms. The molecule has 0 radical (unpaired) electrons. The van der Waals surface area contributed by atoms with Crippen molar-refractivity contribution in [1.29, 1.82) is 0 Å². The molecule has 156 valence electrons. The number of hydrogen-bond acceptors (Lipinski definition) is 6. The lowest BCUT2D eigenvalue weighted by Gasteiger charge is -2.07. The van der Waals surface area contributed by atoms with Crippen LogP contribution in [0.15, 0.2) is 71.1 Å². The highest BCUT2D eigenvalue weighted by Crippen LogP contribution is 2.26. The quantitative estimate of drug-likeness (QED) is 0.335. The zero-order chi connectivity index (χ0) is 21.8. The molecule has 0 atom stereocenters. The number of benzene rings is 3. The van der Waals surface area contributed by atoms with Crippen molar-refractivity contribution in [3.63, 3.8) is 0 Å². The highest BCUT2D eigenvalue weighted by Gasteiger charge is 2.10. The molecular weight excluding hydrogens is 398 g/mol. The van der Waals surface area contributed by atoms with Crippen molar-refractivity contribution in [2.45, 2.75) is 13.3 Å². The van der Waals surface area contributed by atoms with Crippen LogP contribution in [-0.2, 0) is 11.2 Å². The molecule has 1 heterocycles. The second kappa shape index (κ2) is 8.66. The van der Waals surface area contributed by atoms with E-state index >= 15 is 0 Å². The smallest absolute Gasteiger partial charge is 0.269 e. The van der Waals surface area contributed by atoms with Gasteiger partial charge in [0, 0.05) is 23.4 Å². The molecule has 3 aromatic carbocycles. The van der Waals surface area contributed by atoms with Gasteiger partial charge < -0.3 is 14.5 Å². The number of nitrogens with zero attached hydrogens (tertiary/aromatic N) is 2. The molecule has 0 bridgehead atoms. The first kappa shape index (κ1) is 20.1. The third-order valence-corrected chi connectivity index (χ3v) is 4.69. The van der Waals surface area contributed by atoms with Gasteiger partial charge in [-0.15, -0.1) is 0 Å². The molecular formula is C23H19N3O5. The molecule has 0 fully saturated rings. The Kier molecular flexibility index (Phi) is 5.61. The van der Waals surface area contributed by atoms with Gasteiger partial charge in [0.05, 0.1) is 4.92 Å². The fourth-order valence-electron chi connectivity index (χ4n) is 3.02. The SMILES string of the molecule is CCc1ccc2oc(-c3ccc(NC(=O)COc4ccc([N+](=O)[O-])cc4)cc3)nc2c1. The zero-order valence-electron chi connectivity index (χ0n) is 16.7. The monoisotopic (exact) mass is 417 g/mol. The molecule has 8 heteroatoms. The van der Waals surface area contributed by atoms with E-state index < -0.39 is 4.92 Å². The van der Waals surface area contributed by atoms with Crippen LogP contribution < -0.4 is 10.1 Å². The fourth-order valence-corrected chi connectivity index (χ4v) is 3.02. The number of amides is 1. The Bertz CT molecular complexity index is 1230. The predicted octanol–water partition coefficient (Wildman–Crippen LogP) is 4.98. The lowest BCUT2D eigenvalue weighted by molar-refractivity contribution is -0.384. The van der Waals surface area contributed by atoms with E-state index in [0.717, 1.165) is 23.1 Å². The molecule has 0 aliphatic carbocycles. The van der Waals surface area contributed by atoms with Gasteiger partial charge in [0.1, 0.15) is 11.3 Å². The van der Waals surface area contributed by atoms with Crippen LogP contribution in [0.3, 0.4) is 0 Å². The highest BCUT2D eigenvalue weighted by atomic mass is 16.6. The number of oxazole rings is 1. The molecule has 1 N–H and O–H groups in total. The summed E-state index contributed by atoms with van der Waals surface area (Å²) in [5.74, 6) is 0.543. The second-order valence-corrected chi connectivity index (χ2v) is 6.84. The Balaban J connectivity index is 1.36. The number of fused-ring (bicyclic) bond motifs is 1. The maximum atomic E-state index is 12.1. The van der Waals surface area contributed by atoms with E-state index in [9.17, 15) is 14.9 Å². The Labute approximate surface area is 177 Å². The largest absolute Gasteiger partial charge is 0.484 e. The summed E-state index contributed by atoms with van der Waals surface area (Å²) in [7, 11) is 0. The van der Waals surface area contributed by atoms with Crippen LogP contribution in [0.25, 0.3) is 22.6 Å². The summed E-state index contributed by atoms with van der Waals surface area (Å²) in [6.07, 6.45) is 0.931. The molecule has 1 amide bonds. The predicted molar refractivity (Wildman–Crippen MR) is 116 cm³/mol. The van der Waals surface area contributed by atoms with Gasteiger partial charge in [0.15, 0.2) is 12.2 Å². The Morgan fingerprint density at radius 3 is 2.52 bits per heavy atom. The lowest BCUT2D eigenvalue weighted by Crippen LogP contribution is -2.20. The van der Waals surface area contributed by atoms with Crippen LogP contribution >= 0.6 is 0 Å². The van der Waals surface area contributed by atoms with Gasteiger partial charge in [-0.05, 0) is 60.5 Å². The third kappa shape index (κ3) is 4.69. The second-order valence-electron chi connectivity index (χ2n) is 6.84. The topological polar surface area (TPSA) is 108 Å². The molecule has 31 heavy (non-hydrogen) atoms. The molecule has 0 aliphatic rings. The number of carbonyl (C=O) groups excluding carboxylic acids is 1. The minimum atomic E-state index is -0.497. The fraction of sp³-hybridized carbons (Fsp3) is 0.130. The molecule has 8 nitrogen and oxygen atoms in total. The van der Waals surface area contributed by atoms with Crippen molar-refractivity contribution < 1.29 is 18.9 Å². The normalized spacial score (nSPS) is 10.7. The van der Waals surface area contributed by atoms with Crippen molar-refractivity contribution in [3.8, 4) is 17.2 Å². The first-order valence-corrected chi connectivity index (χ1v) is 9.69. The molecule has 1 aromatic heterocycles. The molecule has 0 saturated carbocycles. The average molecular weight is 417 g/mol. The van der Waals surface area contributed by atoms with E-state index in [2.05, 4.69) is 17.2 Å². The number of non-ortho nitro benzene ring substituents is 1. The van der Waals surface area contributed by atoms with E-state index in [-0.39, 0.29) is 18.2 Å². The first-order chi connectivity index (χ1) is 15.0. The van der Waals surface area contributed by atoms with Crippen molar-refractivity contribution in [3.05, 3.63) is 82.4 Å². The van der Waals surface area contributed by atoms with E-state index in [0.29, 0.717) is 17.3 Å². The van der Waals surface area contributed by atoms with Crippen molar-refractivity contribution >= 4 is 28.4 Å². The van der Waals surface area contributed by atoms with E-state index in [1.807, 2.05) is 30.3 Å². The minimum Gasteiger partial charge on any atom is -0.484 e. The van der Waals surface area contributed by atoms with Crippen LogP contribution in [-0.4, -0.2) is 22.4 Å². The number of nitrogens with one attached hydrogen (secondary N) is 1. The van der Waals surface area contributed by atoms with E-state index in [1.165, 1.54) is 29.8 Å². The third-order valence-electron chi connectivity index (χ3n) is 4.69. The number of carbonyl (C=O) groups is 1. The van der Waals surface area contributed by atoms with Crippen LogP contribution in [0.1, 0.15) is 12.5 Å². The summed E-state index contributed by atoms with van der Waals surface area (Å²) >= 11 is 0. The number of aromatic nitrogens is 1. The van der Waals surface area contributed by atoms with Gasteiger partial charge in [0.25, 0.3) is 11.6 Å². The van der Waals surface area contributed by atoms with Gasteiger partial charge in [-0.2, -0.15) is 0 Å². The number of ether oxygens (including phenoxy) is 1. The number of anilines is 1. The summed E-state index contributed by atoms with van der Waals surface area (Å²) in [6.45, 7) is 1.87. The Morgan fingerprint density at radius 2 is 1.84 bits per heavy atom. The van der Waals surface area contributed by atoms with Crippen molar-refractivity contribution in [1.82, 2.24) is 4.98 Å². The van der Waals surface area contributed by atoms with Gasteiger partial charge in [0.2, 0.25) is 5.89 Å². The summed E-state index contributed by atoms with van der Waals surface area (Å²) < 4.78 is 11.2. The lowest BCUT2D eigenvalue weighted by atomic mass is 10.1. The first-order valence-electron chi connectivity index (χ1n) is 9.69. The standard InChI is InChI=1S/C23H19N3O5/c1-2-15-3-12-21-20(13-15)25-23(31-21)16-4-6-17(7-5-16)24-22(27)14-30-19-10-8-18(9-11-19)26(28)29/h3-13H,2,14H2,1H3,(H,24,27). The number of rotatable bonds is 7. The van der Waals surface area contributed by atoms with Gasteiger partial charge in [-0.3, -0.25) is 14.9 Å². The maximum Gasteiger partial charge on any atom is 0.269 e. The summed E-state index contributed by atoms with van der Waals surface area (Å²) in [4.78, 5) is 26.8. The number of aryl methyl sites for hydroxylation is 1. The molecule has 0 saturated heterocycles. The van der Waals surface area contributed by atoms with Crippen LogP contribution in [0.2, 0.25) is 0 Å². The minimum absolute atomic E-state index is 0.0401. The van der Waals surface area contributed by atoms with Crippen LogP contribution in [0.5, 0.6) is 5.75 Å². The Morgan fingerprint density at radius 1 is 1.10 bits per heavy atom. The summed E-state index contributed by atoms with van der Waals surface area (Å²) in [6, 6.07) is 18.6. The van der Waals surface area contributed by atoms with Gasteiger partial charge >= 0.3 is 0 Å². The number of hydrogen-bond donors (Lipinski definition) is 1. The molecule has 4 aromatic rings. The van der Waals surface area contributed by atoms with Crippen molar-refractivity contribution in [2.75, 3.05) is 11.9 Å². The average Bonchev–Trinajstić information content (AvgIpc) is 3.21. The molecule has 4 rings (SSSR count). The van der Waals surface area contributed by atoms with Gasteiger partial charge in [-0.1, -0.05) is 13.0 Å². The van der Waals surface area contributed by atoms with E-state index in [4.69, 9.17) is 9.15 Å².